The van der Waals surface area contributed by atoms with E-state index in [1.54, 1.807) is 58.0 Å². The lowest BCUT2D eigenvalue weighted by Crippen LogP contribution is -2.62. The molecule has 1 aromatic carbocycles. The van der Waals surface area contributed by atoms with E-state index < -0.39 is 155 Å². The number of aliphatic imine (C=N–C) groups is 1. The highest BCUT2D eigenvalue weighted by atomic mass is 32.1. The number of aliphatic hydroxyl groups excluding tert-OH is 1. The van der Waals surface area contributed by atoms with Crippen molar-refractivity contribution in [3.63, 3.8) is 0 Å². The highest BCUT2D eigenvalue weighted by Gasteiger charge is 2.47. The Bertz CT molecular complexity index is 2560. The van der Waals surface area contributed by atoms with Crippen molar-refractivity contribution in [1.82, 2.24) is 51.9 Å². The lowest BCUT2D eigenvalue weighted by Gasteiger charge is -2.36. The zero-order valence-corrected chi connectivity index (χ0v) is 52.2. The van der Waals surface area contributed by atoms with Crippen molar-refractivity contribution in [3.05, 3.63) is 35.9 Å². The minimum absolute atomic E-state index is 0.0111. The number of guanidine groups is 1. The van der Waals surface area contributed by atoms with E-state index in [2.05, 4.69) is 67.5 Å². The molecule has 1 aromatic rings. The van der Waals surface area contributed by atoms with E-state index in [1.165, 1.54) is 21.6 Å². The highest BCUT2D eigenvalue weighted by molar-refractivity contribution is 7.80. The van der Waals surface area contributed by atoms with E-state index in [4.69, 9.17) is 17.2 Å². The molecule has 29 heteroatoms. The second kappa shape index (κ2) is 34.6. The first kappa shape index (κ1) is 71.8. The third-order valence-electron chi connectivity index (χ3n) is 16.2. The Morgan fingerprint density at radius 1 is 0.593 bits per heavy atom. The molecule has 0 unspecified atom stereocenters. The molecule has 0 spiro atoms. The standard InChI is InChI=1S/C57H92N14O13S2/c1-8-31(5)43(66-48(75)38(29-86)64-52(79)45(33(7)72)68-46(73)35(58)19-13-23-61-57(59)60)54(81)70-25-15-21-40(70)50(77)67-44(32(6)9-2)55(82)71-26-16-22-41(71)53(80)69-24-14-20-39(69)49(76)65-42(30(3)4)51(78)63-37(28-85)47(74)62-36(56(83)84)27-34-17-11-10-12-18-34/h10-12,17-18,30-33,35-45,72,85-86H,8-9,13-16,19-29,58H2,1-7H3,(H,62,74)(H,63,78)(H,64,79)(H,65,76)(H,66,75)(H,67,77)(H,68,73)(H,83,84)(H4,59,60,61)/t31-,32-,33+,35-,36-,37-,38-,39-,40-,41-,42-,43-,44-,45-/m0/s1. The number of hydrogen-bond acceptors (Lipinski definition) is 16. The Kier molecular flexibility index (Phi) is 28.9. The highest BCUT2D eigenvalue weighted by Crippen LogP contribution is 2.28. The summed E-state index contributed by atoms with van der Waals surface area (Å²) in [6.45, 7) is 12.6. The number of amides is 10. The predicted octanol–water partition coefficient (Wildman–Crippen LogP) is -1.95. The summed E-state index contributed by atoms with van der Waals surface area (Å²) in [5.41, 5.74) is 17.4. The van der Waals surface area contributed by atoms with Crippen molar-refractivity contribution in [3.8, 4) is 0 Å². The number of hydrogen-bond donors (Lipinski definition) is 14. The molecule has 3 aliphatic heterocycles. The van der Waals surface area contributed by atoms with Gasteiger partial charge in [-0.3, -0.25) is 52.9 Å². The third-order valence-corrected chi connectivity index (χ3v) is 16.9. The molecule has 86 heavy (non-hydrogen) atoms. The third kappa shape index (κ3) is 19.9. The number of carbonyl (C=O) groups excluding carboxylic acids is 10. The van der Waals surface area contributed by atoms with Crippen LogP contribution in [0.5, 0.6) is 0 Å². The average Bonchev–Trinajstić information content (AvgIpc) is 2.15. The van der Waals surface area contributed by atoms with Crippen LogP contribution in [-0.4, -0.2) is 206 Å². The summed E-state index contributed by atoms with van der Waals surface area (Å²) in [7, 11) is 0. The number of carbonyl (C=O) groups is 11. The predicted molar refractivity (Wildman–Crippen MR) is 327 cm³/mol. The largest absolute Gasteiger partial charge is 0.480 e. The summed E-state index contributed by atoms with van der Waals surface area (Å²) in [5, 5.41) is 38.8. The van der Waals surface area contributed by atoms with Crippen LogP contribution in [0.4, 0.5) is 0 Å². The van der Waals surface area contributed by atoms with Crippen molar-refractivity contribution >= 4 is 96.3 Å². The topological polar surface area (TPSA) is 413 Å². The van der Waals surface area contributed by atoms with Gasteiger partial charge >= 0.3 is 5.97 Å². The van der Waals surface area contributed by atoms with Gasteiger partial charge in [0.05, 0.1) is 12.1 Å². The number of aliphatic carboxylic acids is 1. The number of rotatable bonds is 32. The molecule has 3 heterocycles. The number of nitrogens with zero attached hydrogens (tertiary/aromatic N) is 4. The number of carboxylic acid groups (broad SMARTS) is 1. The van der Waals surface area contributed by atoms with Gasteiger partial charge in [0, 0.05) is 44.1 Å². The zero-order chi connectivity index (χ0) is 64.1. The number of nitrogens with one attached hydrogen (secondary N) is 7. The first-order chi connectivity index (χ1) is 40.7. The number of likely N-dealkylation sites (tertiary alicyclic amines) is 3. The molecule has 3 fully saturated rings. The first-order valence-electron chi connectivity index (χ1n) is 29.7. The van der Waals surface area contributed by atoms with Crippen molar-refractivity contribution in [2.75, 3.05) is 37.7 Å². The quantitative estimate of drug-likeness (QED) is 0.0161. The summed E-state index contributed by atoms with van der Waals surface area (Å²) in [4.78, 5) is 160. The van der Waals surface area contributed by atoms with Gasteiger partial charge in [-0.05, 0) is 81.6 Å². The fourth-order valence-electron chi connectivity index (χ4n) is 10.6. The summed E-state index contributed by atoms with van der Waals surface area (Å²) >= 11 is 8.53. The molecule has 10 amide bonds. The van der Waals surface area contributed by atoms with Gasteiger partial charge < -0.3 is 79.3 Å². The molecule has 27 nitrogen and oxygen atoms in total. The molecule has 0 aromatic heterocycles. The molecule has 15 N–H and O–H groups in total. The van der Waals surface area contributed by atoms with Crippen LogP contribution in [0.25, 0.3) is 0 Å². The number of carboxylic acids is 1. The smallest absolute Gasteiger partial charge is 0.326 e. The Labute approximate surface area is 514 Å². The van der Waals surface area contributed by atoms with Crippen molar-refractivity contribution in [2.24, 2.45) is 39.9 Å². The molecule has 480 valence electrons. The lowest BCUT2D eigenvalue weighted by atomic mass is 9.96. The van der Waals surface area contributed by atoms with Gasteiger partial charge in [0.1, 0.15) is 60.4 Å². The molecule has 4 rings (SSSR count). The number of nitrogens with two attached hydrogens (primary N) is 3. The van der Waals surface area contributed by atoms with Crippen LogP contribution < -0.4 is 54.4 Å². The second-order valence-electron chi connectivity index (χ2n) is 22.9. The SMILES string of the molecule is CC[C@H](C)[C@H](NC(=O)[C@H](CS)NC(=O)[C@@H](NC(=O)[C@@H](N)CCCN=C(N)N)[C@@H](C)O)C(=O)N1CCC[C@H]1C(=O)N[C@H](C(=O)N1CCC[C@H]1C(=O)N1CCC[C@H]1C(=O)N[C@H](C(=O)N[C@@H](CS)C(=O)N[C@@H](Cc1ccccc1)C(=O)O)C(C)C)[C@@H](C)CC. The second-order valence-corrected chi connectivity index (χ2v) is 23.6. The van der Waals surface area contributed by atoms with Crippen molar-refractivity contribution in [1.29, 1.82) is 0 Å². The molecule has 0 saturated carbocycles. The minimum Gasteiger partial charge on any atom is -0.480 e. The van der Waals surface area contributed by atoms with E-state index >= 15 is 0 Å². The van der Waals surface area contributed by atoms with E-state index in [1.807, 2.05) is 13.8 Å². The molecule has 0 bridgehead atoms. The average molecular weight is 1250 g/mol. The maximum atomic E-state index is 14.8. The van der Waals surface area contributed by atoms with Crippen LogP contribution in [0, 0.1) is 17.8 Å². The van der Waals surface area contributed by atoms with Crippen LogP contribution in [0.15, 0.2) is 35.3 Å². The molecule has 3 aliphatic rings. The molecule has 0 radical (unpaired) electrons. The van der Waals surface area contributed by atoms with Crippen LogP contribution >= 0.6 is 25.3 Å². The van der Waals surface area contributed by atoms with Gasteiger partial charge in [0.25, 0.3) is 0 Å². The summed E-state index contributed by atoms with van der Waals surface area (Å²) < 4.78 is 0. The normalized spacial score (nSPS) is 20.5. The summed E-state index contributed by atoms with van der Waals surface area (Å²) in [6.07, 6.45) is 2.00. The Morgan fingerprint density at radius 3 is 1.52 bits per heavy atom. The van der Waals surface area contributed by atoms with Crippen LogP contribution in [-0.2, 0) is 59.2 Å². The van der Waals surface area contributed by atoms with Crippen LogP contribution in [0.2, 0.25) is 0 Å². The fraction of sp³-hybridized carbons (Fsp3) is 0.684. The van der Waals surface area contributed by atoms with Gasteiger partial charge in [0.2, 0.25) is 59.1 Å². The number of aliphatic hydroxyl groups is 1. The summed E-state index contributed by atoms with van der Waals surface area (Å²) in [5.74, 6) is -10.0. The van der Waals surface area contributed by atoms with Gasteiger partial charge in [-0.15, -0.1) is 0 Å². The zero-order valence-electron chi connectivity index (χ0n) is 50.4. The van der Waals surface area contributed by atoms with Crippen molar-refractivity contribution < 1.29 is 63.0 Å². The lowest BCUT2D eigenvalue weighted by molar-refractivity contribution is -0.149. The molecule has 3 saturated heterocycles. The van der Waals surface area contributed by atoms with Crippen LogP contribution in [0.1, 0.15) is 118 Å². The Morgan fingerprint density at radius 2 is 1.03 bits per heavy atom. The van der Waals surface area contributed by atoms with Gasteiger partial charge in [0.15, 0.2) is 5.96 Å². The Hall–Kier alpha value is -6.72. The summed E-state index contributed by atoms with van der Waals surface area (Å²) in [6, 6.07) is -4.37. The maximum Gasteiger partial charge on any atom is 0.326 e. The van der Waals surface area contributed by atoms with E-state index in [0.29, 0.717) is 44.1 Å². The van der Waals surface area contributed by atoms with E-state index in [0.717, 1.165) is 0 Å². The maximum absolute atomic E-state index is 14.8. The Balaban J connectivity index is 1.43. The molecular formula is C57H92N14O13S2. The molecule has 0 aliphatic carbocycles. The van der Waals surface area contributed by atoms with E-state index in [-0.39, 0.29) is 75.7 Å². The number of thiol groups is 2. The monoisotopic (exact) mass is 1240 g/mol. The van der Waals surface area contributed by atoms with Crippen molar-refractivity contribution in [2.45, 2.75) is 192 Å². The van der Waals surface area contributed by atoms with E-state index in [9.17, 15) is 63.0 Å². The van der Waals surface area contributed by atoms with Gasteiger partial charge in [-0.25, -0.2) is 4.79 Å². The fourth-order valence-corrected chi connectivity index (χ4v) is 11.2. The number of benzene rings is 1. The molecular weight excluding hydrogens is 1150 g/mol. The van der Waals surface area contributed by atoms with Crippen LogP contribution in [0.3, 0.4) is 0 Å². The van der Waals surface area contributed by atoms with Gasteiger partial charge in [-0.2, -0.15) is 25.3 Å². The molecule has 14 atom stereocenters. The van der Waals surface area contributed by atoms with Gasteiger partial charge in [-0.1, -0.05) is 84.7 Å². The minimum atomic E-state index is -1.53. The first-order valence-corrected chi connectivity index (χ1v) is 31.0.